The van der Waals surface area contributed by atoms with Crippen LogP contribution in [0.2, 0.25) is 0 Å². The SMILES string of the molecule is CC(C)CN(CC(=O)O)C(=O)c1cc(C(C)C)n(C)n1. The van der Waals surface area contributed by atoms with Crippen molar-refractivity contribution in [1.29, 1.82) is 0 Å². The van der Waals surface area contributed by atoms with Crippen LogP contribution in [0, 0.1) is 5.92 Å². The first kappa shape index (κ1) is 16.2. The molecule has 0 radical (unpaired) electrons. The molecule has 20 heavy (non-hydrogen) atoms. The molecule has 1 rings (SSSR count). The summed E-state index contributed by atoms with van der Waals surface area (Å²) in [5, 5.41) is 13.1. The van der Waals surface area contributed by atoms with Crippen molar-refractivity contribution in [2.75, 3.05) is 13.1 Å². The van der Waals surface area contributed by atoms with Gasteiger partial charge < -0.3 is 10.0 Å². The quantitative estimate of drug-likeness (QED) is 0.861. The van der Waals surface area contributed by atoms with E-state index in [0.29, 0.717) is 12.2 Å². The van der Waals surface area contributed by atoms with E-state index in [0.717, 1.165) is 5.69 Å². The Bertz CT molecular complexity index is 492. The van der Waals surface area contributed by atoms with E-state index in [-0.39, 0.29) is 24.3 Å². The van der Waals surface area contributed by atoms with Crippen LogP contribution in [0.5, 0.6) is 0 Å². The second-order valence-electron chi connectivity index (χ2n) is 5.71. The number of hydrogen-bond donors (Lipinski definition) is 1. The lowest BCUT2D eigenvalue weighted by molar-refractivity contribution is -0.137. The highest BCUT2D eigenvalue weighted by atomic mass is 16.4. The Morgan fingerprint density at radius 2 is 1.95 bits per heavy atom. The molecule has 0 bridgehead atoms. The summed E-state index contributed by atoms with van der Waals surface area (Å²) in [4.78, 5) is 24.6. The standard InChI is InChI=1S/C14H23N3O3/c1-9(2)7-17(8-13(18)19)14(20)11-6-12(10(3)4)16(5)15-11/h6,9-10H,7-8H2,1-5H3,(H,18,19). The molecule has 0 aromatic carbocycles. The third-order valence-corrected chi connectivity index (χ3v) is 2.93. The Hall–Kier alpha value is -1.85. The number of carboxylic acids is 1. The van der Waals surface area contributed by atoms with Crippen LogP contribution in [0.3, 0.4) is 0 Å². The number of aryl methyl sites for hydroxylation is 1. The van der Waals surface area contributed by atoms with Gasteiger partial charge in [0.05, 0.1) is 0 Å². The highest BCUT2D eigenvalue weighted by molar-refractivity contribution is 5.94. The molecule has 1 aromatic rings. The van der Waals surface area contributed by atoms with Crippen LogP contribution in [0.15, 0.2) is 6.07 Å². The minimum absolute atomic E-state index is 0.201. The molecule has 0 atom stereocenters. The van der Waals surface area contributed by atoms with Crippen molar-refractivity contribution >= 4 is 11.9 Å². The van der Waals surface area contributed by atoms with Gasteiger partial charge in [-0.25, -0.2) is 0 Å². The molecular weight excluding hydrogens is 258 g/mol. The van der Waals surface area contributed by atoms with Gasteiger partial charge in [0.2, 0.25) is 0 Å². The Balaban J connectivity index is 2.99. The molecule has 1 aromatic heterocycles. The average Bonchev–Trinajstić information content (AvgIpc) is 2.68. The number of amides is 1. The predicted octanol–water partition coefficient (Wildman–Crippen LogP) is 1.73. The number of aliphatic carboxylic acids is 1. The Morgan fingerprint density at radius 1 is 1.35 bits per heavy atom. The van der Waals surface area contributed by atoms with Gasteiger partial charge in [-0.05, 0) is 17.9 Å². The van der Waals surface area contributed by atoms with Gasteiger partial charge in [0.15, 0.2) is 5.69 Å². The summed E-state index contributed by atoms with van der Waals surface area (Å²) in [5.74, 6) is -0.888. The fourth-order valence-corrected chi connectivity index (χ4v) is 2.11. The molecule has 6 nitrogen and oxygen atoms in total. The summed E-state index contributed by atoms with van der Waals surface area (Å²) in [6.45, 7) is 8.03. The van der Waals surface area contributed by atoms with Gasteiger partial charge in [-0.15, -0.1) is 0 Å². The van der Waals surface area contributed by atoms with Gasteiger partial charge in [0.25, 0.3) is 5.91 Å². The van der Waals surface area contributed by atoms with Crippen LogP contribution < -0.4 is 0 Å². The van der Waals surface area contributed by atoms with Crippen molar-refractivity contribution in [3.8, 4) is 0 Å². The molecule has 0 aliphatic heterocycles. The third-order valence-electron chi connectivity index (χ3n) is 2.93. The van der Waals surface area contributed by atoms with E-state index in [1.54, 1.807) is 17.8 Å². The third kappa shape index (κ3) is 4.08. The minimum atomic E-state index is -1.01. The Morgan fingerprint density at radius 3 is 2.35 bits per heavy atom. The summed E-state index contributed by atoms with van der Waals surface area (Å²) in [7, 11) is 1.79. The van der Waals surface area contributed by atoms with Crippen LogP contribution in [0.4, 0.5) is 0 Å². The van der Waals surface area contributed by atoms with Crippen molar-refractivity contribution < 1.29 is 14.7 Å². The molecule has 0 saturated carbocycles. The monoisotopic (exact) mass is 281 g/mol. The fraction of sp³-hybridized carbons (Fsp3) is 0.643. The molecule has 112 valence electrons. The zero-order chi connectivity index (χ0) is 15.4. The Kier molecular flexibility index (Phi) is 5.30. The predicted molar refractivity (Wildman–Crippen MR) is 75.7 cm³/mol. The van der Waals surface area contributed by atoms with Gasteiger partial charge in [0, 0.05) is 19.3 Å². The van der Waals surface area contributed by atoms with E-state index in [1.165, 1.54) is 4.90 Å². The van der Waals surface area contributed by atoms with E-state index in [2.05, 4.69) is 5.10 Å². The molecule has 1 heterocycles. The first-order valence-electron chi connectivity index (χ1n) is 6.77. The molecule has 6 heteroatoms. The second kappa shape index (κ2) is 6.54. The molecule has 0 fully saturated rings. The van der Waals surface area contributed by atoms with Gasteiger partial charge in [-0.1, -0.05) is 27.7 Å². The van der Waals surface area contributed by atoms with E-state index >= 15 is 0 Å². The molecule has 0 aliphatic carbocycles. The smallest absolute Gasteiger partial charge is 0.323 e. The van der Waals surface area contributed by atoms with E-state index < -0.39 is 5.97 Å². The number of rotatable bonds is 6. The van der Waals surface area contributed by atoms with E-state index in [4.69, 9.17) is 5.11 Å². The maximum absolute atomic E-state index is 12.4. The summed E-state index contributed by atoms with van der Waals surface area (Å²) >= 11 is 0. The number of carbonyl (C=O) groups excluding carboxylic acids is 1. The normalized spacial score (nSPS) is 11.2. The number of aromatic nitrogens is 2. The van der Waals surface area contributed by atoms with Crippen molar-refractivity contribution in [3.05, 3.63) is 17.5 Å². The topological polar surface area (TPSA) is 75.4 Å². The molecule has 0 unspecified atom stereocenters. The minimum Gasteiger partial charge on any atom is -0.480 e. The molecule has 0 spiro atoms. The molecule has 1 N–H and O–H groups in total. The second-order valence-corrected chi connectivity index (χ2v) is 5.71. The first-order chi connectivity index (χ1) is 9.22. The zero-order valence-electron chi connectivity index (χ0n) is 12.8. The number of nitrogens with zero attached hydrogens (tertiary/aromatic N) is 3. The van der Waals surface area contributed by atoms with Crippen LogP contribution in [0.25, 0.3) is 0 Å². The van der Waals surface area contributed by atoms with Gasteiger partial charge in [0.1, 0.15) is 6.54 Å². The van der Waals surface area contributed by atoms with Gasteiger partial charge in [-0.3, -0.25) is 14.3 Å². The highest BCUT2D eigenvalue weighted by Crippen LogP contribution is 2.16. The first-order valence-corrected chi connectivity index (χ1v) is 6.77. The van der Waals surface area contributed by atoms with Crippen LogP contribution in [-0.4, -0.2) is 44.8 Å². The van der Waals surface area contributed by atoms with E-state index in [9.17, 15) is 9.59 Å². The van der Waals surface area contributed by atoms with Gasteiger partial charge >= 0.3 is 5.97 Å². The summed E-state index contributed by atoms with van der Waals surface area (Å²) < 4.78 is 1.67. The van der Waals surface area contributed by atoms with Crippen molar-refractivity contribution in [2.24, 2.45) is 13.0 Å². The summed E-state index contributed by atoms with van der Waals surface area (Å²) in [6, 6.07) is 1.74. The average molecular weight is 281 g/mol. The zero-order valence-corrected chi connectivity index (χ0v) is 12.8. The highest BCUT2D eigenvalue weighted by Gasteiger charge is 2.23. The fourth-order valence-electron chi connectivity index (χ4n) is 2.11. The number of carbonyl (C=O) groups is 2. The Labute approximate surface area is 119 Å². The maximum Gasteiger partial charge on any atom is 0.323 e. The lowest BCUT2D eigenvalue weighted by Gasteiger charge is -2.21. The summed E-state index contributed by atoms with van der Waals surface area (Å²) in [6.07, 6.45) is 0. The van der Waals surface area contributed by atoms with Gasteiger partial charge in [-0.2, -0.15) is 5.10 Å². The van der Waals surface area contributed by atoms with Crippen molar-refractivity contribution in [2.45, 2.75) is 33.6 Å². The molecule has 1 amide bonds. The largest absolute Gasteiger partial charge is 0.480 e. The van der Waals surface area contributed by atoms with Crippen molar-refractivity contribution in [3.63, 3.8) is 0 Å². The molecule has 0 saturated heterocycles. The van der Waals surface area contributed by atoms with Crippen LogP contribution in [-0.2, 0) is 11.8 Å². The maximum atomic E-state index is 12.4. The molecular formula is C14H23N3O3. The lowest BCUT2D eigenvalue weighted by atomic mass is 10.1. The van der Waals surface area contributed by atoms with E-state index in [1.807, 2.05) is 27.7 Å². The molecule has 0 aliphatic rings. The number of carboxylic acid groups (broad SMARTS) is 1. The lowest BCUT2D eigenvalue weighted by Crippen LogP contribution is -2.38. The number of hydrogen-bond acceptors (Lipinski definition) is 3. The summed E-state index contributed by atoms with van der Waals surface area (Å²) in [5.41, 5.74) is 1.26. The van der Waals surface area contributed by atoms with Crippen molar-refractivity contribution in [1.82, 2.24) is 14.7 Å². The van der Waals surface area contributed by atoms with Crippen LogP contribution >= 0.6 is 0 Å². The van der Waals surface area contributed by atoms with Crippen LogP contribution in [0.1, 0.15) is 49.8 Å².